The van der Waals surface area contributed by atoms with Gasteiger partial charge in [0.25, 0.3) is 0 Å². The van der Waals surface area contributed by atoms with Crippen LogP contribution in [0.1, 0.15) is 39.2 Å². The van der Waals surface area contributed by atoms with Crippen molar-refractivity contribution in [2.45, 2.75) is 40.2 Å². The number of aromatic nitrogens is 2. The van der Waals surface area contributed by atoms with Crippen LogP contribution in [0.5, 0.6) is 5.75 Å². The smallest absolute Gasteiger partial charge is 0.341 e. The minimum atomic E-state index is -1.04. The maximum absolute atomic E-state index is 13.4. The predicted molar refractivity (Wildman–Crippen MR) is 115 cm³/mol. The third-order valence-electron chi connectivity index (χ3n) is 4.76. The number of rotatable bonds is 8. The van der Waals surface area contributed by atoms with Gasteiger partial charge in [0.2, 0.25) is 0 Å². The van der Waals surface area contributed by atoms with Crippen molar-refractivity contribution in [2.24, 2.45) is 5.92 Å². The molecule has 0 bridgehead atoms. The Morgan fingerprint density at radius 1 is 1.10 bits per heavy atom. The molecule has 0 aliphatic rings. The molecule has 0 aliphatic heterocycles. The Labute approximate surface area is 176 Å². The predicted octanol–water partition coefficient (Wildman–Crippen LogP) is 5.60. The molecule has 2 aromatic carbocycles. The zero-order valence-corrected chi connectivity index (χ0v) is 17.7. The van der Waals surface area contributed by atoms with E-state index in [1.807, 2.05) is 22.9 Å². The van der Waals surface area contributed by atoms with Gasteiger partial charge in [-0.2, -0.15) is 5.10 Å². The molecule has 0 atom stereocenters. The van der Waals surface area contributed by atoms with Gasteiger partial charge in [0.1, 0.15) is 11.6 Å². The van der Waals surface area contributed by atoms with Crippen molar-refractivity contribution in [3.63, 3.8) is 0 Å². The lowest BCUT2D eigenvalue weighted by Gasteiger charge is -2.13. The van der Waals surface area contributed by atoms with Gasteiger partial charge in [0.15, 0.2) is 6.61 Å². The van der Waals surface area contributed by atoms with Gasteiger partial charge < -0.3 is 9.84 Å². The number of carboxylic acids is 1. The van der Waals surface area contributed by atoms with Crippen molar-refractivity contribution in [2.75, 3.05) is 6.61 Å². The number of aliphatic carboxylic acids is 1. The summed E-state index contributed by atoms with van der Waals surface area (Å²) in [7, 11) is 0. The van der Waals surface area contributed by atoms with Crippen LogP contribution in [0, 0.1) is 11.7 Å². The Bertz CT molecular complexity index is 1020. The van der Waals surface area contributed by atoms with E-state index in [1.165, 1.54) is 12.1 Å². The Kier molecular flexibility index (Phi) is 6.55. The summed E-state index contributed by atoms with van der Waals surface area (Å²) in [6.45, 7) is 8.68. The highest BCUT2D eigenvalue weighted by molar-refractivity contribution is 5.74. The zero-order chi connectivity index (χ0) is 21.8. The van der Waals surface area contributed by atoms with Crippen LogP contribution in [0.15, 0.2) is 48.5 Å². The number of benzene rings is 2. The van der Waals surface area contributed by atoms with Gasteiger partial charge in [0.05, 0.1) is 11.4 Å². The summed E-state index contributed by atoms with van der Waals surface area (Å²) in [6, 6.07) is 14.0. The molecule has 158 valence electrons. The molecule has 0 aliphatic carbocycles. The van der Waals surface area contributed by atoms with Crippen molar-refractivity contribution in [1.82, 2.24) is 9.78 Å². The number of carbonyl (C=O) groups is 1. The first-order valence-corrected chi connectivity index (χ1v) is 10.1. The van der Waals surface area contributed by atoms with Crippen LogP contribution < -0.4 is 4.74 Å². The number of hydrogen-bond donors (Lipinski definition) is 1. The molecule has 1 heterocycles. The van der Waals surface area contributed by atoms with Gasteiger partial charge in [-0.3, -0.25) is 4.68 Å². The van der Waals surface area contributed by atoms with Crippen molar-refractivity contribution >= 4 is 5.97 Å². The largest absolute Gasteiger partial charge is 0.481 e. The molecule has 0 unspecified atom stereocenters. The molecule has 1 aromatic heterocycles. The lowest BCUT2D eigenvalue weighted by molar-refractivity contribution is -0.139. The SMILES string of the molecule is CC(C)Cn1nc(-c2cc(C(C)C)ccc2OCC(=O)O)cc1-c1ccc(F)cc1. The van der Waals surface area contributed by atoms with Gasteiger partial charge >= 0.3 is 5.97 Å². The first-order valence-electron chi connectivity index (χ1n) is 10.1. The minimum absolute atomic E-state index is 0.289. The van der Waals surface area contributed by atoms with Gasteiger partial charge in [-0.25, -0.2) is 9.18 Å². The average molecular weight is 410 g/mol. The van der Waals surface area contributed by atoms with E-state index in [9.17, 15) is 9.18 Å². The van der Waals surface area contributed by atoms with Crippen molar-refractivity contribution in [3.05, 3.63) is 59.9 Å². The fourth-order valence-electron chi connectivity index (χ4n) is 3.26. The molecule has 0 fully saturated rings. The summed E-state index contributed by atoms with van der Waals surface area (Å²) >= 11 is 0. The Balaban J connectivity index is 2.12. The second kappa shape index (κ2) is 9.11. The number of nitrogens with zero attached hydrogens (tertiary/aromatic N) is 2. The molecular formula is C24H27FN2O3. The van der Waals surface area contributed by atoms with E-state index in [0.717, 1.165) is 22.4 Å². The van der Waals surface area contributed by atoms with Crippen LogP contribution in [0.2, 0.25) is 0 Å². The monoisotopic (exact) mass is 410 g/mol. The molecular weight excluding hydrogens is 383 g/mol. The molecule has 6 heteroatoms. The summed E-state index contributed by atoms with van der Waals surface area (Å²) < 4.78 is 20.9. The molecule has 0 radical (unpaired) electrons. The highest BCUT2D eigenvalue weighted by Gasteiger charge is 2.17. The average Bonchev–Trinajstić information content (AvgIpc) is 3.09. The van der Waals surface area contributed by atoms with E-state index in [2.05, 4.69) is 27.7 Å². The lowest BCUT2D eigenvalue weighted by Crippen LogP contribution is -2.10. The van der Waals surface area contributed by atoms with Crippen LogP contribution in [-0.4, -0.2) is 27.5 Å². The fourth-order valence-corrected chi connectivity index (χ4v) is 3.26. The second-order valence-electron chi connectivity index (χ2n) is 8.09. The summed E-state index contributed by atoms with van der Waals surface area (Å²) in [6.07, 6.45) is 0. The Morgan fingerprint density at radius 2 is 1.80 bits per heavy atom. The van der Waals surface area contributed by atoms with Gasteiger partial charge in [0, 0.05) is 17.7 Å². The highest BCUT2D eigenvalue weighted by Crippen LogP contribution is 2.35. The summed E-state index contributed by atoms with van der Waals surface area (Å²) in [5.74, 6) is -0.191. The molecule has 0 amide bonds. The topological polar surface area (TPSA) is 64.4 Å². The first-order chi connectivity index (χ1) is 14.2. The van der Waals surface area contributed by atoms with Gasteiger partial charge in [-0.1, -0.05) is 33.8 Å². The summed E-state index contributed by atoms with van der Waals surface area (Å²) in [4.78, 5) is 11.0. The number of carboxylic acid groups (broad SMARTS) is 1. The normalized spacial score (nSPS) is 11.3. The van der Waals surface area contributed by atoms with Gasteiger partial charge in [-0.05, 0) is 59.9 Å². The zero-order valence-electron chi connectivity index (χ0n) is 17.7. The maximum Gasteiger partial charge on any atom is 0.341 e. The molecule has 5 nitrogen and oxygen atoms in total. The molecule has 3 rings (SSSR count). The van der Waals surface area contributed by atoms with Crippen molar-refractivity contribution in [3.8, 4) is 28.3 Å². The van der Waals surface area contributed by atoms with E-state index in [0.29, 0.717) is 29.8 Å². The minimum Gasteiger partial charge on any atom is -0.481 e. The fraction of sp³-hybridized carbons (Fsp3) is 0.333. The van der Waals surface area contributed by atoms with Crippen LogP contribution in [0.3, 0.4) is 0 Å². The third-order valence-corrected chi connectivity index (χ3v) is 4.76. The molecule has 1 N–H and O–H groups in total. The molecule has 0 spiro atoms. The molecule has 0 saturated heterocycles. The molecule has 3 aromatic rings. The Hall–Kier alpha value is -3.15. The second-order valence-corrected chi connectivity index (χ2v) is 8.09. The number of halogens is 1. The maximum atomic E-state index is 13.4. The van der Waals surface area contributed by atoms with E-state index < -0.39 is 12.6 Å². The summed E-state index contributed by atoms with van der Waals surface area (Å²) in [5, 5.41) is 13.8. The Morgan fingerprint density at radius 3 is 2.40 bits per heavy atom. The quantitative estimate of drug-likeness (QED) is 0.525. The first kappa shape index (κ1) is 21.6. The van der Waals surface area contributed by atoms with Crippen molar-refractivity contribution < 1.29 is 19.0 Å². The number of ether oxygens (including phenoxy) is 1. The van der Waals surface area contributed by atoms with Gasteiger partial charge in [-0.15, -0.1) is 0 Å². The molecule has 30 heavy (non-hydrogen) atoms. The highest BCUT2D eigenvalue weighted by atomic mass is 19.1. The van der Waals surface area contributed by atoms with E-state index >= 15 is 0 Å². The van der Waals surface area contributed by atoms with Crippen LogP contribution in [-0.2, 0) is 11.3 Å². The van der Waals surface area contributed by atoms with E-state index in [1.54, 1.807) is 18.2 Å². The summed E-state index contributed by atoms with van der Waals surface area (Å²) in [5.41, 5.74) is 4.28. The lowest BCUT2D eigenvalue weighted by atomic mass is 9.98. The standard InChI is InChI=1S/C24H27FN2O3/c1-15(2)13-27-22(17-5-8-19(25)9-6-17)12-21(26-27)20-11-18(16(3)4)7-10-23(20)30-14-24(28)29/h5-12,15-16H,13-14H2,1-4H3,(H,28,29). The van der Waals surface area contributed by atoms with Crippen LogP contribution in [0.4, 0.5) is 4.39 Å². The number of hydrogen-bond acceptors (Lipinski definition) is 3. The van der Waals surface area contributed by atoms with Crippen LogP contribution >= 0.6 is 0 Å². The van der Waals surface area contributed by atoms with Crippen molar-refractivity contribution in [1.29, 1.82) is 0 Å². The third kappa shape index (κ3) is 5.06. The van der Waals surface area contributed by atoms with E-state index in [4.69, 9.17) is 14.9 Å². The van der Waals surface area contributed by atoms with E-state index in [-0.39, 0.29) is 5.82 Å². The molecule has 0 saturated carbocycles. The van der Waals surface area contributed by atoms with Crippen LogP contribution in [0.25, 0.3) is 22.5 Å².